The van der Waals surface area contributed by atoms with E-state index in [1.807, 2.05) is 0 Å². The molecule has 1 rings (SSSR count). The minimum Gasteiger partial charge on any atom is -0.383 e. The van der Waals surface area contributed by atoms with Gasteiger partial charge in [0.05, 0.1) is 19.3 Å². The summed E-state index contributed by atoms with van der Waals surface area (Å²) in [5, 5.41) is 6.09. The summed E-state index contributed by atoms with van der Waals surface area (Å²) in [6.45, 7) is 0.485. The zero-order valence-corrected chi connectivity index (χ0v) is 7.90. The van der Waals surface area contributed by atoms with Crippen LogP contribution in [0.3, 0.4) is 0 Å². The van der Waals surface area contributed by atoms with Crippen LogP contribution < -0.4 is 11.1 Å². The first-order chi connectivity index (χ1) is 6.74. The molecule has 0 aliphatic heterocycles. The monoisotopic (exact) mass is 199 g/mol. The second kappa shape index (κ2) is 5.36. The van der Waals surface area contributed by atoms with Gasteiger partial charge in [-0.3, -0.25) is 4.79 Å². The molecule has 0 saturated carbocycles. The Morgan fingerprint density at radius 3 is 3.21 bits per heavy atom. The molecule has 0 aliphatic carbocycles. The van der Waals surface area contributed by atoms with E-state index >= 15 is 0 Å². The van der Waals surface area contributed by atoms with Crippen LogP contribution in [0.15, 0.2) is 16.8 Å². The zero-order valence-electron chi connectivity index (χ0n) is 7.90. The van der Waals surface area contributed by atoms with Crippen LogP contribution in [0.5, 0.6) is 0 Å². The maximum atomic E-state index is 11.2. The molecule has 0 saturated heterocycles. The van der Waals surface area contributed by atoms with E-state index in [2.05, 4.69) is 10.5 Å². The number of rotatable bonds is 5. The van der Waals surface area contributed by atoms with Gasteiger partial charge in [0.25, 0.3) is 0 Å². The second-order valence-electron chi connectivity index (χ2n) is 2.76. The van der Waals surface area contributed by atoms with Crippen LogP contribution in [0.1, 0.15) is 5.76 Å². The van der Waals surface area contributed by atoms with Crippen molar-refractivity contribution in [1.82, 2.24) is 10.5 Å². The number of carbonyl (C=O) groups excluding carboxylic acids is 1. The summed E-state index contributed by atoms with van der Waals surface area (Å²) in [6.07, 6.45) is 1.51. The van der Waals surface area contributed by atoms with Gasteiger partial charge in [-0.2, -0.15) is 0 Å². The number of nitrogens with zero attached hydrogens (tertiary/aromatic N) is 1. The van der Waals surface area contributed by atoms with Gasteiger partial charge in [-0.05, 0) is 0 Å². The highest BCUT2D eigenvalue weighted by atomic mass is 16.5. The van der Waals surface area contributed by atoms with Crippen LogP contribution in [-0.2, 0) is 16.1 Å². The van der Waals surface area contributed by atoms with Gasteiger partial charge in [-0.25, -0.2) is 0 Å². The number of amides is 1. The Labute approximate surface area is 81.4 Å². The molecule has 0 aromatic carbocycles. The molecule has 0 bridgehead atoms. The highest BCUT2D eigenvalue weighted by Gasteiger charge is 2.12. The Bertz CT molecular complexity index is 273. The van der Waals surface area contributed by atoms with Crippen molar-refractivity contribution in [2.24, 2.45) is 5.73 Å². The van der Waals surface area contributed by atoms with E-state index in [-0.39, 0.29) is 19.1 Å². The Hall–Kier alpha value is -1.40. The second-order valence-corrected chi connectivity index (χ2v) is 2.76. The fourth-order valence-electron chi connectivity index (χ4n) is 0.894. The Kier molecular flexibility index (Phi) is 4.09. The molecular formula is C8H13N3O3. The molecule has 1 unspecified atom stereocenters. The maximum Gasteiger partial charge on any atom is 0.239 e. The van der Waals surface area contributed by atoms with Gasteiger partial charge in [-0.15, -0.1) is 0 Å². The standard InChI is InChI=1S/C8H13N3O3/c1-13-5-7(9)8(12)10-4-6-2-3-11-14-6/h2-3,7H,4-5,9H2,1H3,(H,10,12). The Morgan fingerprint density at radius 2 is 2.64 bits per heavy atom. The molecule has 6 heteroatoms. The number of ether oxygens (including phenoxy) is 1. The van der Waals surface area contributed by atoms with Gasteiger partial charge < -0.3 is 20.3 Å². The highest BCUT2D eigenvalue weighted by Crippen LogP contribution is 1.95. The average Bonchev–Trinajstić information content (AvgIpc) is 2.67. The Morgan fingerprint density at radius 1 is 1.86 bits per heavy atom. The van der Waals surface area contributed by atoms with E-state index in [1.165, 1.54) is 13.3 Å². The lowest BCUT2D eigenvalue weighted by Gasteiger charge is -2.09. The Balaban J connectivity index is 2.27. The minimum absolute atomic E-state index is 0.197. The smallest absolute Gasteiger partial charge is 0.239 e. The number of hydrogen-bond acceptors (Lipinski definition) is 5. The lowest BCUT2D eigenvalue weighted by atomic mass is 10.3. The van der Waals surface area contributed by atoms with Crippen LogP contribution >= 0.6 is 0 Å². The average molecular weight is 199 g/mol. The number of carbonyl (C=O) groups is 1. The quantitative estimate of drug-likeness (QED) is 0.652. The topological polar surface area (TPSA) is 90.4 Å². The number of methoxy groups -OCH3 is 1. The van der Waals surface area contributed by atoms with Crippen molar-refractivity contribution < 1.29 is 14.1 Å². The van der Waals surface area contributed by atoms with Crippen molar-refractivity contribution in [1.29, 1.82) is 0 Å². The summed E-state index contributed by atoms with van der Waals surface area (Å²) in [7, 11) is 1.49. The van der Waals surface area contributed by atoms with Crippen molar-refractivity contribution in [3.63, 3.8) is 0 Å². The van der Waals surface area contributed by atoms with E-state index in [4.69, 9.17) is 15.0 Å². The molecule has 0 radical (unpaired) electrons. The van der Waals surface area contributed by atoms with Crippen LogP contribution in [-0.4, -0.2) is 30.8 Å². The van der Waals surface area contributed by atoms with Crippen LogP contribution in [0.2, 0.25) is 0 Å². The molecule has 3 N–H and O–H groups in total. The SMILES string of the molecule is COCC(N)C(=O)NCc1ccno1. The fourth-order valence-corrected chi connectivity index (χ4v) is 0.894. The van der Waals surface area contributed by atoms with Gasteiger partial charge in [0.2, 0.25) is 5.91 Å². The molecule has 0 spiro atoms. The molecule has 0 fully saturated rings. The first-order valence-electron chi connectivity index (χ1n) is 4.16. The van der Waals surface area contributed by atoms with E-state index in [0.717, 1.165) is 0 Å². The molecule has 1 aromatic heterocycles. The molecule has 1 amide bonds. The van der Waals surface area contributed by atoms with E-state index in [0.29, 0.717) is 5.76 Å². The third-order valence-electron chi connectivity index (χ3n) is 1.61. The van der Waals surface area contributed by atoms with Crippen molar-refractivity contribution in [2.75, 3.05) is 13.7 Å². The maximum absolute atomic E-state index is 11.2. The summed E-state index contributed by atoms with van der Waals surface area (Å²) in [5.74, 6) is 0.311. The molecule has 1 atom stereocenters. The molecule has 1 aromatic rings. The first-order valence-corrected chi connectivity index (χ1v) is 4.16. The number of hydrogen-bond donors (Lipinski definition) is 2. The zero-order chi connectivity index (χ0) is 10.4. The first kappa shape index (κ1) is 10.7. The lowest BCUT2D eigenvalue weighted by molar-refractivity contribution is -0.123. The summed E-state index contributed by atoms with van der Waals surface area (Å²) in [4.78, 5) is 11.2. The van der Waals surface area contributed by atoms with E-state index in [1.54, 1.807) is 6.07 Å². The summed E-state index contributed by atoms with van der Waals surface area (Å²) in [6, 6.07) is 1.02. The number of nitrogens with two attached hydrogens (primary N) is 1. The normalized spacial score (nSPS) is 12.4. The van der Waals surface area contributed by atoms with Gasteiger partial charge >= 0.3 is 0 Å². The van der Waals surface area contributed by atoms with Crippen molar-refractivity contribution in [3.05, 3.63) is 18.0 Å². The lowest BCUT2D eigenvalue weighted by Crippen LogP contribution is -2.43. The van der Waals surface area contributed by atoms with Crippen LogP contribution in [0, 0.1) is 0 Å². The summed E-state index contributed by atoms with van der Waals surface area (Å²) < 4.78 is 9.53. The number of aromatic nitrogens is 1. The highest BCUT2D eigenvalue weighted by molar-refractivity contribution is 5.81. The van der Waals surface area contributed by atoms with Gasteiger partial charge in [0.1, 0.15) is 6.04 Å². The molecule has 14 heavy (non-hydrogen) atoms. The number of nitrogens with one attached hydrogen (secondary N) is 1. The molecular weight excluding hydrogens is 186 g/mol. The third-order valence-corrected chi connectivity index (χ3v) is 1.61. The van der Waals surface area contributed by atoms with Crippen LogP contribution in [0.4, 0.5) is 0 Å². The molecule has 6 nitrogen and oxygen atoms in total. The van der Waals surface area contributed by atoms with Gasteiger partial charge in [0.15, 0.2) is 5.76 Å². The molecule has 78 valence electrons. The molecule has 1 heterocycles. The summed E-state index contributed by atoms with van der Waals surface area (Å²) >= 11 is 0. The third kappa shape index (κ3) is 3.15. The van der Waals surface area contributed by atoms with E-state index < -0.39 is 6.04 Å². The van der Waals surface area contributed by atoms with Crippen molar-refractivity contribution in [3.8, 4) is 0 Å². The van der Waals surface area contributed by atoms with Crippen molar-refractivity contribution >= 4 is 5.91 Å². The largest absolute Gasteiger partial charge is 0.383 e. The van der Waals surface area contributed by atoms with Crippen molar-refractivity contribution in [2.45, 2.75) is 12.6 Å². The predicted molar refractivity (Wildman–Crippen MR) is 48.2 cm³/mol. The van der Waals surface area contributed by atoms with Gasteiger partial charge in [0, 0.05) is 13.2 Å². The molecule has 0 aliphatic rings. The minimum atomic E-state index is -0.650. The predicted octanol–water partition coefficient (Wildman–Crippen LogP) is -0.735. The van der Waals surface area contributed by atoms with Crippen LogP contribution in [0.25, 0.3) is 0 Å². The summed E-state index contributed by atoms with van der Waals surface area (Å²) in [5.41, 5.74) is 5.48. The van der Waals surface area contributed by atoms with Gasteiger partial charge in [-0.1, -0.05) is 5.16 Å². The fraction of sp³-hybridized carbons (Fsp3) is 0.500. The van der Waals surface area contributed by atoms with E-state index in [9.17, 15) is 4.79 Å².